The van der Waals surface area contributed by atoms with Crippen LogP contribution in [0.15, 0.2) is 59.0 Å². The highest BCUT2D eigenvalue weighted by Gasteiger charge is 2.14. The lowest BCUT2D eigenvalue weighted by molar-refractivity contribution is 0.102. The lowest BCUT2D eigenvalue weighted by Gasteiger charge is -2.07. The number of benzene rings is 3. The van der Waals surface area contributed by atoms with Crippen molar-refractivity contribution >= 4 is 45.9 Å². The fourth-order valence-electron chi connectivity index (χ4n) is 3.09. The number of hydrogen-bond acceptors (Lipinski definition) is 3. The number of rotatable bonds is 3. The summed E-state index contributed by atoms with van der Waals surface area (Å²) in [5.41, 5.74) is 5.16. The van der Waals surface area contributed by atoms with Crippen LogP contribution < -0.4 is 5.32 Å². The molecule has 3 aromatic carbocycles. The lowest BCUT2D eigenvalue weighted by Crippen LogP contribution is -2.12. The second kappa shape index (κ2) is 7.30. The van der Waals surface area contributed by atoms with Gasteiger partial charge in [0, 0.05) is 16.3 Å². The number of carbonyl (C=O) groups excluding carboxylic acids is 1. The molecule has 140 valence electrons. The van der Waals surface area contributed by atoms with Crippen LogP contribution in [-0.2, 0) is 0 Å². The molecule has 0 aliphatic rings. The van der Waals surface area contributed by atoms with Crippen molar-refractivity contribution in [2.24, 2.45) is 0 Å². The number of aromatic nitrogens is 1. The average Bonchev–Trinajstić information content (AvgIpc) is 3.06. The Bertz CT molecular complexity index is 1190. The van der Waals surface area contributed by atoms with Crippen molar-refractivity contribution in [1.29, 1.82) is 0 Å². The normalized spacial score (nSPS) is 11.0. The van der Waals surface area contributed by atoms with E-state index in [-0.39, 0.29) is 5.91 Å². The molecular weight excluding hydrogens is 395 g/mol. The molecule has 0 aliphatic heterocycles. The van der Waals surface area contributed by atoms with Gasteiger partial charge in [0.1, 0.15) is 5.52 Å². The van der Waals surface area contributed by atoms with Gasteiger partial charge in [-0.15, -0.1) is 0 Å². The molecule has 4 aromatic rings. The smallest absolute Gasteiger partial charge is 0.255 e. The molecule has 28 heavy (non-hydrogen) atoms. The van der Waals surface area contributed by atoms with Crippen LogP contribution >= 0.6 is 23.2 Å². The fourth-order valence-corrected chi connectivity index (χ4v) is 3.46. The molecule has 4 rings (SSSR count). The Kier molecular flexibility index (Phi) is 4.84. The van der Waals surface area contributed by atoms with E-state index in [0.717, 1.165) is 11.1 Å². The zero-order valence-corrected chi connectivity index (χ0v) is 16.7. The van der Waals surface area contributed by atoms with E-state index in [2.05, 4.69) is 10.3 Å². The number of halogens is 2. The van der Waals surface area contributed by atoms with Gasteiger partial charge in [-0.1, -0.05) is 40.4 Å². The minimum absolute atomic E-state index is 0.173. The minimum atomic E-state index is -0.173. The number of anilines is 1. The number of hydrogen-bond donors (Lipinski definition) is 1. The van der Waals surface area contributed by atoms with Crippen molar-refractivity contribution in [1.82, 2.24) is 4.98 Å². The molecule has 6 heteroatoms. The van der Waals surface area contributed by atoms with Gasteiger partial charge in [0.25, 0.3) is 5.91 Å². The van der Waals surface area contributed by atoms with Crippen molar-refractivity contribution in [2.75, 3.05) is 5.32 Å². The van der Waals surface area contributed by atoms with E-state index in [1.54, 1.807) is 36.4 Å². The molecule has 0 saturated heterocycles. The summed E-state index contributed by atoms with van der Waals surface area (Å²) in [4.78, 5) is 17.1. The number of oxazole rings is 1. The number of nitrogens with zero attached hydrogens (tertiary/aromatic N) is 1. The number of amides is 1. The third-order valence-corrected chi connectivity index (χ3v) is 4.85. The highest BCUT2D eigenvalue weighted by Crippen LogP contribution is 2.32. The molecule has 1 N–H and O–H groups in total. The van der Waals surface area contributed by atoms with Crippen molar-refractivity contribution in [2.45, 2.75) is 13.8 Å². The molecule has 1 aromatic heterocycles. The molecule has 0 unspecified atom stereocenters. The van der Waals surface area contributed by atoms with Crippen molar-refractivity contribution in [3.8, 4) is 11.5 Å². The molecule has 1 heterocycles. The molecule has 4 nitrogen and oxygen atoms in total. The quantitative estimate of drug-likeness (QED) is 0.410. The summed E-state index contributed by atoms with van der Waals surface area (Å²) >= 11 is 12.3. The lowest BCUT2D eigenvalue weighted by atomic mass is 10.1. The maximum Gasteiger partial charge on any atom is 0.255 e. The van der Waals surface area contributed by atoms with Gasteiger partial charge < -0.3 is 9.73 Å². The summed E-state index contributed by atoms with van der Waals surface area (Å²) in [6, 6.07) is 16.2. The van der Waals surface area contributed by atoms with Gasteiger partial charge in [-0.3, -0.25) is 4.79 Å². The molecule has 0 fully saturated rings. The number of nitrogens with one attached hydrogen (secondary N) is 1. The van der Waals surface area contributed by atoms with Crippen LogP contribution in [0.2, 0.25) is 10.0 Å². The second-order valence-electron chi connectivity index (χ2n) is 6.66. The molecule has 0 spiro atoms. The molecule has 0 bridgehead atoms. The van der Waals surface area contributed by atoms with E-state index < -0.39 is 0 Å². The van der Waals surface area contributed by atoms with Crippen molar-refractivity contribution in [3.05, 3.63) is 81.3 Å². The zero-order valence-electron chi connectivity index (χ0n) is 15.2. The van der Waals surface area contributed by atoms with Gasteiger partial charge in [0.15, 0.2) is 5.58 Å². The first-order chi connectivity index (χ1) is 13.4. The van der Waals surface area contributed by atoms with Crippen LogP contribution in [0.3, 0.4) is 0 Å². The Morgan fingerprint density at radius 3 is 2.46 bits per heavy atom. The Morgan fingerprint density at radius 1 is 0.964 bits per heavy atom. The number of fused-ring (bicyclic) bond motifs is 1. The summed E-state index contributed by atoms with van der Waals surface area (Å²) in [7, 11) is 0. The predicted molar refractivity (Wildman–Crippen MR) is 113 cm³/mol. The highest BCUT2D eigenvalue weighted by atomic mass is 35.5. The maximum absolute atomic E-state index is 12.6. The van der Waals surface area contributed by atoms with Crippen LogP contribution in [0, 0.1) is 13.8 Å². The standard InChI is InChI=1S/C22H16Cl2N2O2/c1-12-7-13(2)9-14(8-12)21(27)25-16-4-6-20-19(11-16)26-22(28-20)17-10-15(23)3-5-18(17)24/h3-11H,1-2H3,(H,25,27). The van der Waals surface area contributed by atoms with Gasteiger partial charge >= 0.3 is 0 Å². The average molecular weight is 411 g/mol. The van der Waals surface area contributed by atoms with Gasteiger partial charge in [-0.25, -0.2) is 4.98 Å². The first kappa shape index (κ1) is 18.5. The van der Waals surface area contributed by atoms with Gasteiger partial charge in [-0.05, 0) is 62.4 Å². The monoisotopic (exact) mass is 410 g/mol. The van der Waals surface area contributed by atoms with Crippen molar-refractivity contribution in [3.63, 3.8) is 0 Å². The predicted octanol–water partition coefficient (Wildman–Crippen LogP) is 6.67. The fraction of sp³-hybridized carbons (Fsp3) is 0.0909. The van der Waals surface area contributed by atoms with E-state index in [1.807, 2.05) is 32.0 Å². The van der Waals surface area contributed by atoms with E-state index in [9.17, 15) is 4.79 Å². The van der Waals surface area contributed by atoms with Gasteiger partial charge in [0.05, 0.1) is 10.6 Å². The van der Waals surface area contributed by atoms with E-state index in [4.69, 9.17) is 27.6 Å². The summed E-state index contributed by atoms with van der Waals surface area (Å²) in [6.07, 6.45) is 0. The van der Waals surface area contributed by atoms with E-state index in [1.165, 1.54) is 0 Å². The Labute approximate surface area is 172 Å². The molecule has 1 amide bonds. The number of carbonyl (C=O) groups is 1. The van der Waals surface area contributed by atoms with Gasteiger partial charge in [0.2, 0.25) is 5.89 Å². The summed E-state index contributed by atoms with van der Waals surface area (Å²) < 4.78 is 5.80. The Morgan fingerprint density at radius 2 is 1.71 bits per heavy atom. The SMILES string of the molecule is Cc1cc(C)cc(C(=O)Nc2ccc3oc(-c4cc(Cl)ccc4Cl)nc3c2)c1. The Balaban J connectivity index is 1.65. The highest BCUT2D eigenvalue weighted by molar-refractivity contribution is 6.35. The minimum Gasteiger partial charge on any atom is -0.436 e. The van der Waals surface area contributed by atoms with E-state index in [0.29, 0.717) is 43.9 Å². The first-order valence-corrected chi connectivity index (χ1v) is 9.40. The summed E-state index contributed by atoms with van der Waals surface area (Å²) in [5, 5.41) is 3.95. The van der Waals surface area contributed by atoms with Crippen LogP contribution in [0.1, 0.15) is 21.5 Å². The molecule has 0 atom stereocenters. The zero-order chi connectivity index (χ0) is 19.8. The third-order valence-electron chi connectivity index (χ3n) is 4.29. The second-order valence-corrected chi connectivity index (χ2v) is 7.50. The van der Waals surface area contributed by atoms with Gasteiger partial charge in [-0.2, -0.15) is 0 Å². The molecular formula is C22H16Cl2N2O2. The van der Waals surface area contributed by atoms with Crippen molar-refractivity contribution < 1.29 is 9.21 Å². The third kappa shape index (κ3) is 3.75. The Hall–Kier alpha value is -2.82. The largest absolute Gasteiger partial charge is 0.436 e. The molecule has 0 aliphatic carbocycles. The maximum atomic E-state index is 12.6. The van der Waals surface area contributed by atoms with Crippen LogP contribution in [-0.4, -0.2) is 10.9 Å². The van der Waals surface area contributed by atoms with E-state index >= 15 is 0 Å². The number of aryl methyl sites for hydroxylation is 2. The topological polar surface area (TPSA) is 55.1 Å². The summed E-state index contributed by atoms with van der Waals surface area (Å²) in [5.74, 6) is 0.202. The molecule has 0 radical (unpaired) electrons. The first-order valence-electron chi connectivity index (χ1n) is 8.65. The summed E-state index contributed by atoms with van der Waals surface area (Å²) in [6.45, 7) is 3.93. The van der Waals surface area contributed by atoms with Crippen LogP contribution in [0.4, 0.5) is 5.69 Å². The molecule has 0 saturated carbocycles. The van der Waals surface area contributed by atoms with Crippen LogP contribution in [0.5, 0.6) is 0 Å². The van der Waals surface area contributed by atoms with Crippen LogP contribution in [0.25, 0.3) is 22.6 Å².